The van der Waals surface area contributed by atoms with Gasteiger partial charge < -0.3 is 24.3 Å². The number of hydrogen-bond acceptors (Lipinski definition) is 5. The molecule has 0 saturated carbocycles. The van der Waals surface area contributed by atoms with Crippen LogP contribution in [0.15, 0.2) is 0 Å². The van der Waals surface area contributed by atoms with E-state index in [1.165, 1.54) is 0 Å². The molecule has 0 bridgehead atoms. The molecule has 0 saturated heterocycles. The van der Waals surface area contributed by atoms with Gasteiger partial charge in [-0.25, -0.2) is 0 Å². The first kappa shape index (κ1) is 16.3. The molecule has 0 aliphatic carbocycles. The van der Waals surface area contributed by atoms with E-state index in [4.69, 9.17) is 29.1 Å². The van der Waals surface area contributed by atoms with Crippen molar-refractivity contribution in [2.24, 2.45) is 0 Å². The van der Waals surface area contributed by atoms with E-state index in [2.05, 4.69) is 0 Å². The summed E-state index contributed by atoms with van der Waals surface area (Å²) in [7, 11) is -4.61. The van der Waals surface area contributed by atoms with E-state index in [9.17, 15) is 0 Å². The van der Waals surface area contributed by atoms with Crippen molar-refractivity contribution in [1.82, 2.24) is 0 Å². The molecular formula is CH7NaO6Si. The molecule has 8 heteroatoms. The molecule has 6 nitrogen and oxygen atoms in total. The molecule has 0 aliphatic rings. The molecule has 0 fully saturated rings. The van der Waals surface area contributed by atoms with Gasteiger partial charge in [0.15, 0.2) is 0 Å². The number of carboxylic acid groups (broad SMARTS) is 1. The van der Waals surface area contributed by atoms with Crippen LogP contribution in [0, 0.1) is 0 Å². The minimum atomic E-state index is -4.61. The standard InChI is InChI=1S/CH2O2.Na.H4O4Si.H/c2-1-3;;1-5(2,3)4;/h1H,(H,2,3);;1-4H;. The predicted octanol–water partition coefficient (Wildman–Crippen LogP) is -3.56. The van der Waals surface area contributed by atoms with E-state index < -0.39 is 9.05 Å². The maximum absolute atomic E-state index is 8.36. The fourth-order valence-corrected chi connectivity index (χ4v) is 0. The molecule has 0 heterocycles. The Bertz CT molecular complexity index is 52.6. The van der Waals surface area contributed by atoms with Gasteiger partial charge in [0, 0.05) is 0 Å². The molecule has 0 radical (unpaired) electrons. The molecule has 0 unspecified atom stereocenters. The summed E-state index contributed by atoms with van der Waals surface area (Å²) >= 11 is 0. The topological polar surface area (TPSA) is 118 Å². The molecular weight excluding hydrogens is 159 g/mol. The van der Waals surface area contributed by atoms with Crippen LogP contribution >= 0.6 is 0 Å². The molecule has 0 atom stereocenters. The normalized spacial score (nSPS) is 8.00. The van der Waals surface area contributed by atoms with Crippen LogP contribution in [0.1, 0.15) is 0 Å². The Morgan fingerprint density at radius 2 is 1.11 bits per heavy atom. The third-order valence-electron chi connectivity index (χ3n) is 0. The van der Waals surface area contributed by atoms with Crippen LogP contribution in [0.2, 0.25) is 0 Å². The molecule has 5 N–H and O–H groups in total. The summed E-state index contributed by atoms with van der Waals surface area (Å²) in [6, 6.07) is 0. The first-order valence-corrected chi connectivity index (χ1v) is 3.18. The fraction of sp³-hybridized carbons (Fsp3) is 0. The van der Waals surface area contributed by atoms with Gasteiger partial charge in [0.2, 0.25) is 0 Å². The van der Waals surface area contributed by atoms with E-state index in [0.717, 1.165) is 0 Å². The molecule has 0 amide bonds. The van der Waals surface area contributed by atoms with Crippen LogP contribution in [0.25, 0.3) is 0 Å². The second-order valence-corrected chi connectivity index (χ2v) is 1.91. The minimum absolute atomic E-state index is 0. The van der Waals surface area contributed by atoms with Crippen LogP contribution < -0.4 is 0 Å². The van der Waals surface area contributed by atoms with Crippen LogP contribution in [-0.4, -0.2) is 69.4 Å². The number of hydrogen-bond donors (Lipinski definition) is 5. The van der Waals surface area contributed by atoms with Gasteiger partial charge in [0.1, 0.15) is 0 Å². The van der Waals surface area contributed by atoms with Gasteiger partial charge >= 0.3 is 38.6 Å². The van der Waals surface area contributed by atoms with Crippen molar-refractivity contribution in [2.45, 2.75) is 0 Å². The Hall–Kier alpha value is 0.527. The molecule has 0 rings (SSSR count). The van der Waals surface area contributed by atoms with Gasteiger partial charge in [0.25, 0.3) is 6.47 Å². The van der Waals surface area contributed by atoms with Gasteiger partial charge in [-0.3, -0.25) is 4.79 Å². The number of rotatable bonds is 0. The number of carbonyl (C=O) groups is 1. The van der Waals surface area contributed by atoms with Crippen LogP contribution in [0.5, 0.6) is 0 Å². The molecule has 9 heavy (non-hydrogen) atoms. The van der Waals surface area contributed by atoms with Crippen LogP contribution in [0.3, 0.4) is 0 Å². The van der Waals surface area contributed by atoms with Crippen LogP contribution in [0.4, 0.5) is 0 Å². The predicted molar refractivity (Wildman–Crippen MR) is 30.5 cm³/mol. The second kappa shape index (κ2) is 8.53. The third-order valence-corrected chi connectivity index (χ3v) is 0. The van der Waals surface area contributed by atoms with Crippen molar-refractivity contribution >= 4 is 45.1 Å². The third kappa shape index (κ3) is 1310. The summed E-state index contributed by atoms with van der Waals surface area (Å²) in [5.41, 5.74) is 0. The van der Waals surface area contributed by atoms with E-state index in [-0.39, 0.29) is 36.0 Å². The Kier molecular flexibility index (Phi) is 15.4. The van der Waals surface area contributed by atoms with Crippen molar-refractivity contribution < 1.29 is 29.1 Å². The monoisotopic (exact) mass is 166 g/mol. The Labute approximate surface area is 74.2 Å². The SMILES string of the molecule is O=CO.O[Si](O)(O)O.[NaH]. The van der Waals surface area contributed by atoms with E-state index in [0.29, 0.717) is 0 Å². The molecule has 0 aromatic rings. The van der Waals surface area contributed by atoms with Gasteiger partial charge in [-0.15, -0.1) is 0 Å². The first-order chi connectivity index (χ1) is 3.41. The van der Waals surface area contributed by atoms with Gasteiger partial charge in [-0.1, -0.05) is 0 Å². The summed E-state index contributed by atoms with van der Waals surface area (Å²) in [4.78, 5) is 37.7. The maximum atomic E-state index is 8.36. The van der Waals surface area contributed by atoms with E-state index in [1.54, 1.807) is 0 Å². The fourth-order valence-electron chi connectivity index (χ4n) is 0. The summed E-state index contributed by atoms with van der Waals surface area (Å²) in [6.45, 7) is -0.250. The van der Waals surface area contributed by atoms with Crippen molar-refractivity contribution in [3.8, 4) is 0 Å². The molecule has 0 spiro atoms. The van der Waals surface area contributed by atoms with Crippen molar-refractivity contribution in [3.05, 3.63) is 0 Å². The average Bonchev–Trinajstić information content (AvgIpc) is 1.27. The molecule has 52 valence electrons. The molecule has 0 aromatic heterocycles. The Morgan fingerprint density at radius 1 is 1.11 bits per heavy atom. The zero-order valence-electron chi connectivity index (χ0n) is 3.72. The zero-order chi connectivity index (χ0) is 7.21. The average molecular weight is 166 g/mol. The summed E-state index contributed by atoms with van der Waals surface area (Å²) in [5, 5.41) is 6.89. The summed E-state index contributed by atoms with van der Waals surface area (Å²) < 4.78 is 0. The first-order valence-electron chi connectivity index (χ1n) is 1.39. The molecule has 0 aliphatic heterocycles. The molecule has 0 aromatic carbocycles. The van der Waals surface area contributed by atoms with Gasteiger partial charge in [0.05, 0.1) is 0 Å². The zero-order valence-corrected chi connectivity index (χ0v) is 4.72. The Balaban J connectivity index is -0.0000000800. The van der Waals surface area contributed by atoms with Crippen molar-refractivity contribution in [1.29, 1.82) is 0 Å². The van der Waals surface area contributed by atoms with Crippen molar-refractivity contribution in [2.75, 3.05) is 0 Å². The van der Waals surface area contributed by atoms with E-state index in [1.807, 2.05) is 0 Å². The quantitative estimate of drug-likeness (QED) is 0.188. The second-order valence-electron chi connectivity index (χ2n) is 0.705. The van der Waals surface area contributed by atoms with E-state index >= 15 is 0 Å². The van der Waals surface area contributed by atoms with Gasteiger partial charge in [-0.2, -0.15) is 0 Å². The summed E-state index contributed by atoms with van der Waals surface area (Å²) in [5.74, 6) is 0. The Morgan fingerprint density at radius 3 is 1.11 bits per heavy atom. The van der Waals surface area contributed by atoms with Crippen LogP contribution in [-0.2, 0) is 4.79 Å². The van der Waals surface area contributed by atoms with Crippen molar-refractivity contribution in [3.63, 3.8) is 0 Å². The summed E-state index contributed by atoms with van der Waals surface area (Å²) in [6.07, 6.45) is 0. The van der Waals surface area contributed by atoms with Gasteiger partial charge in [-0.05, 0) is 0 Å².